The molecule has 0 aromatic carbocycles. The summed E-state index contributed by atoms with van der Waals surface area (Å²) in [6.07, 6.45) is 3.70. The SMILES string of the molecule is C=C1CCC(CC(C)(C)C)N1. The maximum Gasteiger partial charge on any atom is 0.0266 e. The summed E-state index contributed by atoms with van der Waals surface area (Å²) < 4.78 is 0. The van der Waals surface area contributed by atoms with Gasteiger partial charge in [0.15, 0.2) is 0 Å². The van der Waals surface area contributed by atoms with Crippen LogP contribution in [0, 0.1) is 5.41 Å². The van der Waals surface area contributed by atoms with Crippen molar-refractivity contribution in [1.29, 1.82) is 0 Å². The molecule has 0 amide bonds. The van der Waals surface area contributed by atoms with Crippen LogP contribution >= 0.6 is 0 Å². The van der Waals surface area contributed by atoms with E-state index in [0.717, 1.165) is 0 Å². The fourth-order valence-corrected chi connectivity index (χ4v) is 1.67. The topological polar surface area (TPSA) is 12.0 Å². The van der Waals surface area contributed by atoms with Crippen LogP contribution in [0.1, 0.15) is 40.0 Å². The molecule has 1 aliphatic heterocycles. The summed E-state index contributed by atoms with van der Waals surface area (Å²) in [5.41, 5.74) is 1.67. The number of nitrogens with one attached hydrogen (secondary N) is 1. The zero-order valence-corrected chi connectivity index (χ0v) is 7.91. The van der Waals surface area contributed by atoms with Crippen LogP contribution in [0.15, 0.2) is 12.3 Å². The van der Waals surface area contributed by atoms with Crippen molar-refractivity contribution in [2.75, 3.05) is 0 Å². The number of hydrogen-bond donors (Lipinski definition) is 1. The third kappa shape index (κ3) is 2.96. The molecule has 11 heavy (non-hydrogen) atoms. The minimum atomic E-state index is 0.447. The summed E-state index contributed by atoms with van der Waals surface area (Å²) in [4.78, 5) is 0. The van der Waals surface area contributed by atoms with Gasteiger partial charge in [0, 0.05) is 11.7 Å². The molecular weight excluding hydrogens is 134 g/mol. The van der Waals surface area contributed by atoms with E-state index in [2.05, 4.69) is 32.7 Å². The summed E-state index contributed by atoms with van der Waals surface area (Å²) in [5, 5.41) is 3.42. The predicted octanol–water partition coefficient (Wildman–Crippen LogP) is 2.69. The molecule has 1 nitrogen and oxygen atoms in total. The maximum atomic E-state index is 3.92. The highest BCUT2D eigenvalue weighted by atomic mass is 15.0. The monoisotopic (exact) mass is 153 g/mol. The molecule has 1 heterocycles. The first-order valence-electron chi connectivity index (χ1n) is 4.42. The van der Waals surface area contributed by atoms with E-state index in [-0.39, 0.29) is 0 Å². The van der Waals surface area contributed by atoms with Gasteiger partial charge in [0.25, 0.3) is 0 Å². The van der Waals surface area contributed by atoms with Crippen molar-refractivity contribution < 1.29 is 0 Å². The molecule has 64 valence electrons. The third-order valence-corrected chi connectivity index (χ3v) is 2.06. The zero-order valence-electron chi connectivity index (χ0n) is 7.91. The van der Waals surface area contributed by atoms with Gasteiger partial charge >= 0.3 is 0 Å². The van der Waals surface area contributed by atoms with Gasteiger partial charge in [0.05, 0.1) is 0 Å². The van der Waals surface area contributed by atoms with E-state index in [1.807, 2.05) is 0 Å². The minimum Gasteiger partial charge on any atom is -0.386 e. The van der Waals surface area contributed by atoms with Gasteiger partial charge in [-0.2, -0.15) is 0 Å². The third-order valence-electron chi connectivity index (χ3n) is 2.06. The fraction of sp³-hybridized carbons (Fsp3) is 0.800. The molecule has 1 unspecified atom stereocenters. The molecule has 0 saturated carbocycles. The lowest BCUT2D eigenvalue weighted by molar-refractivity contribution is 0.328. The Morgan fingerprint density at radius 3 is 2.55 bits per heavy atom. The molecule has 1 aliphatic rings. The molecule has 0 aliphatic carbocycles. The van der Waals surface area contributed by atoms with Crippen molar-refractivity contribution in [3.05, 3.63) is 12.3 Å². The first kappa shape index (κ1) is 8.63. The molecule has 1 atom stereocenters. The molecule has 1 saturated heterocycles. The highest BCUT2D eigenvalue weighted by molar-refractivity contribution is 5.01. The van der Waals surface area contributed by atoms with E-state index in [4.69, 9.17) is 0 Å². The van der Waals surface area contributed by atoms with Crippen molar-refractivity contribution in [2.24, 2.45) is 5.41 Å². The first-order chi connectivity index (χ1) is 4.97. The Labute approximate surface area is 69.9 Å². The summed E-state index contributed by atoms with van der Waals surface area (Å²) in [6.45, 7) is 10.8. The van der Waals surface area contributed by atoms with Crippen molar-refractivity contribution in [2.45, 2.75) is 46.1 Å². The number of hydrogen-bond acceptors (Lipinski definition) is 1. The quantitative estimate of drug-likeness (QED) is 0.610. The van der Waals surface area contributed by atoms with Gasteiger partial charge in [-0.05, 0) is 24.7 Å². The highest BCUT2D eigenvalue weighted by Gasteiger charge is 2.22. The summed E-state index contributed by atoms with van der Waals surface area (Å²) in [5.74, 6) is 0. The highest BCUT2D eigenvalue weighted by Crippen LogP contribution is 2.26. The molecule has 1 heteroatoms. The lowest BCUT2D eigenvalue weighted by Gasteiger charge is -2.22. The van der Waals surface area contributed by atoms with E-state index in [1.165, 1.54) is 25.0 Å². The summed E-state index contributed by atoms with van der Waals surface area (Å²) in [7, 11) is 0. The normalized spacial score (nSPS) is 25.4. The van der Waals surface area contributed by atoms with E-state index in [9.17, 15) is 0 Å². The first-order valence-corrected chi connectivity index (χ1v) is 4.42. The van der Waals surface area contributed by atoms with Gasteiger partial charge in [0.2, 0.25) is 0 Å². The second-order valence-electron chi connectivity index (χ2n) is 4.75. The summed E-state index contributed by atoms with van der Waals surface area (Å²) >= 11 is 0. The predicted molar refractivity (Wildman–Crippen MR) is 49.4 cm³/mol. The van der Waals surface area contributed by atoms with E-state index >= 15 is 0 Å². The summed E-state index contributed by atoms with van der Waals surface area (Å²) in [6, 6.07) is 0.683. The number of allylic oxidation sites excluding steroid dienone is 1. The van der Waals surface area contributed by atoms with Gasteiger partial charge in [-0.3, -0.25) is 0 Å². The van der Waals surface area contributed by atoms with Crippen LogP contribution < -0.4 is 5.32 Å². The molecule has 1 N–H and O–H groups in total. The van der Waals surface area contributed by atoms with E-state index in [1.54, 1.807) is 0 Å². The molecule has 0 radical (unpaired) electrons. The second kappa shape index (κ2) is 2.88. The van der Waals surface area contributed by atoms with Crippen LogP contribution in [0.2, 0.25) is 0 Å². The van der Waals surface area contributed by atoms with Crippen LogP contribution in [0.4, 0.5) is 0 Å². The Bertz CT molecular complexity index is 153. The Kier molecular flexibility index (Phi) is 2.26. The van der Waals surface area contributed by atoms with Crippen LogP contribution in [-0.2, 0) is 0 Å². The molecule has 1 rings (SSSR count). The Balaban J connectivity index is 2.34. The zero-order chi connectivity index (χ0) is 8.48. The average Bonchev–Trinajstić information content (AvgIpc) is 2.10. The van der Waals surface area contributed by atoms with Crippen LogP contribution in [-0.4, -0.2) is 6.04 Å². The standard InChI is InChI=1S/C10H19N/c1-8-5-6-9(11-8)7-10(2,3)4/h9,11H,1,5-7H2,2-4H3. The molecule has 1 fully saturated rings. The van der Waals surface area contributed by atoms with Crippen molar-refractivity contribution in [1.82, 2.24) is 5.32 Å². The van der Waals surface area contributed by atoms with E-state index in [0.29, 0.717) is 11.5 Å². The fourth-order valence-electron chi connectivity index (χ4n) is 1.67. The second-order valence-corrected chi connectivity index (χ2v) is 4.75. The molecule has 0 aromatic heterocycles. The van der Waals surface area contributed by atoms with Gasteiger partial charge in [0.1, 0.15) is 0 Å². The van der Waals surface area contributed by atoms with Crippen molar-refractivity contribution in [3.8, 4) is 0 Å². The maximum absolute atomic E-state index is 3.92. The molecule has 0 spiro atoms. The van der Waals surface area contributed by atoms with Gasteiger partial charge in [-0.15, -0.1) is 0 Å². The molecular formula is C10H19N. The molecule has 0 aromatic rings. The lowest BCUT2D eigenvalue weighted by Crippen LogP contribution is -2.25. The lowest BCUT2D eigenvalue weighted by atomic mass is 9.88. The van der Waals surface area contributed by atoms with Crippen LogP contribution in [0.3, 0.4) is 0 Å². The van der Waals surface area contributed by atoms with Crippen LogP contribution in [0.5, 0.6) is 0 Å². The number of rotatable bonds is 1. The average molecular weight is 153 g/mol. The Morgan fingerprint density at radius 2 is 2.18 bits per heavy atom. The van der Waals surface area contributed by atoms with Crippen molar-refractivity contribution in [3.63, 3.8) is 0 Å². The Morgan fingerprint density at radius 1 is 1.55 bits per heavy atom. The minimum absolute atomic E-state index is 0.447. The smallest absolute Gasteiger partial charge is 0.0266 e. The largest absolute Gasteiger partial charge is 0.386 e. The van der Waals surface area contributed by atoms with Gasteiger partial charge in [-0.25, -0.2) is 0 Å². The molecule has 0 bridgehead atoms. The van der Waals surface area contributed by atoms with Gasteiger partial charge < -0.3 is 5.32 Å². The van der Waals surface area contributed by atoms with Crippen LogP contribution in [0.25, 0.3) is 0 Å². The Hall–Kier alpha value is -0.460. The van der Waals surface area contributed by atoms with Crippen molar-refractivity contribution >= 4 is 0 Å². The van der Waals surface area contributed by atoms with Gasteiger partial charge in [-0.1, -0.05) is 27.4 Å². The van der Waals surface area contributed by atoms with E-state index < -0.39 is 0 Å².